The summed E-state index contributed by atoms with van der Waals surface area (Å²) in [4.78, 5) is 16.8. The first kappa shape index (κ1) is 15.4. The normalized spacial score (nSPS) is 11.1. The van der Waals surface area contributed by atoms with Gasteiger partial charge in [0.05, 0.1) is 27.7 Å². The number of aryl methyl sites for hydroxylation is 1. The number of carbonyl (C=O) groups excluding carboxylic acids is 1. The summed E-state index contributed by atoms with van der Waals surface area (Å²) < 4.78 is 5.23. The van der Waals surface area contributed by atoms with E-state index >= 15 is 0 Å². The Labute approximate surface area is 125 Å². The van der Waals surface area contributed by atoms with Crippen LogP contribution in [0.5, 0.6) is 5.75 Å². The van der Waals surface area contributed by atoms with Gasteiger partial charge in [0.1, 0.15) is 11.4 Å². The number of fused-ring (bicyclic) bond motifs is 1. The molecule has 2 rings (SSSR count). The van der Waals surface area contributed by atoms with E-state index in [9.17, 15) is 4.79 Å². The van der Waals surface area contributed by atoms with Crippen LogP contribution >= 0.6 is 0 Å². The summed E-state index contributed by atoms with van der Waals surface area (Å²) in [5.41, 5.74) is 2.55. The maximum atomic E-state index is 12.3. The SMILES string of the molecule is COc1ccc2[nH]c(C(=O)NCCC[NH+](C)C)c(C)c2c1. The van der Waals surface area contributed by atoms with Crippen LogP contribution in [0.15, 0.2) is 18.2 Å². The van der Waals surface area contributed by atoms with Crippen molar-refractivity contribution in [1.82, 2.24) is 10.3 Å². The summed E-state index contributed by atoms with van der Waals surface area (Å²) in [6.07, 6.45) is 0.973. The highest BCUT2D eigenvalue weighted by molar-refractivity contribution is 6.01. The van der Waals surface area contributed by atoms with Gasteiger partial charge in [0.2, 0.25) is 0 Å². The van der Waals surface area contributed by atoms with E-state index in [1.807, 2.05) is 25.1 Å². The summed E-state index contributed by atoms with van der Waals surface area (Å²) in [6.45, 7) is 3.70. The Morgan fingerprint density at radius 3 is 2.81 bits per heavy atom. The maximum absolute atomic E-state index is 12.3. The van der Waals surface area contributed by atoms with Crippen molar-refractivity contribution in [3.05, 3.63) is 29.5 Å². The van der Waals surface area contributed by atoms with Gasteiger partial charge in [-0.2, -0.15) is 0 Å². The number of carbonyl (C=O) groups is 1. The predicted molar refractivity (Wildman–Crippen MR) is 84.2 cm³/mol. The average molecular weight is 290 g/mol. The third kappa shape index (κ3) is 3.55. The molecule has 0 atom stereocenters. The van der Waals surface area contributed by atoms with Crippen LogP contribution in [-0.4, -0.2) is 45.2 Å². The van der Waals surface area contributed by atoms with Gasteiger partial charge in [-0.05, 0) is 30.7 Å². The number of ether oxygens (including phenoxy) is 1. The third-order valence-corrected chi connectivity index (χ3v) is 3.63. The van der Waals surface area contributed by atoms with Crippen molar-refractivity contribution in [3.63, 3.8) is 0 Å². The highest BCUT2D eigenvalue weighted by Gasteiger charge is 2.14. The summed E-state index contributed by atoms with van der Waals surface area (Å²) in [5.74, 6) is 0.752. The second kappa shape index (κ2) is 6.63. The Kier molecular flexibility index (Phi) is 4.85. The Bertz CT molecular complexity index is 632. The zero-order valence-corrected chi connectivity index (χ0v) is 13.2. The topological polar surface area (TPSA) is 58.6 Å². The standard InChI is InChI=1S/C16H23N3O2/c1-11-13-10-12(21-4)6-7-14(13)18-15(11)16(20)17-8-5-9-19(2)3/h6-7,10,18H,5,8-9H2,1-4H3,(H,17,20)/p+1. The molecule has 0 radical (unpaired) electrons. The van der Waals surface area contributed by atoms with Gasteiger partial charge >= 0.3 is 0 Å². The molecule has 1 amide bonds. The van der Waals surface area contributed by atoms with Crippen molar-refractivity contribution in [2.75, 3.05) is 34.3 Å². The quantitative estimate of drug-likeness (QED) is 0.688. The molecular weight excluding hydrogens is 266 g/mol. The predicted octanol–water partition coefficient (Wildman–Crippen LogP) is 0.749. The van der Waals surface area contributed by atoms with Crippen molar-refractivity contribution in [2.24, 2.45) is 0 Å². The van der Waals surface area contributed by atoms with Crippen LogP contribution in [0, 0.1) is 6.92 Å². The van der Waals surface area contributed by atoms with Gasteiger partial charge in [0, 0.05) is 23.9 Å². The van der Waals surface area contributed by atoms with Crippen LogP contribution < -0.4 is 15.0 Å². The Morgan fingerprint density at radius 2 is 2.14 bits per heavy atom. The van der Waals surface area contributed by atoms with Gasteiger partial charge in [-0.1, -0.05) is 0 Å². The second-order valence-electron chi connectivity index (χ2n) is 5.60. The zero-order valence-electron chi connectivity index (χ0n) is 13.2. The summed E-state index contributed by atoms with van der Waals surface area (Å²) in [6, 6.07) is 5.78. The Balaban J connectivity index is 2.10. The fourth-order valence-electron chi connectivity index (χ4n) is 2.39. The number of rotatable bonds is 6. The van der Waals surface area contributed by atoms with Crippen molar-refractivity contribution in [1.29, 1.82) is 0 Å². The van der Waals surface area contributed by atoms with E-state index in [4.69, 9.17) is 4.74 Å². The molecule has 114 valence electrons. The van der Waals surface area contributed by atoms with Gasteiger partial charge in [-0.25, -0.2) is 0 Å². The van der Waals surface area contributed by atoms with Gasteiger partial charge in [-0.3, -0.25) is 4.79 Å². The van der Waals surface area contributed by atoms with E-state index in [1.54, 1.807) is 7.11 Å². The molecule has 21 heavy (non-hydrogen) atoms. The summed E-state index contributed by atoms with van der Waals surface area (Å²) >= 11 is 0. The molecule has 3 N–H and O–H groups in total. The van der Waals surface area contributed by atoms with Crippen molar-refractivity contribution in [2.45, 2.75) is 13.3 Å². The molecule has 5 nitrogen and oxygen atoms in total. The highest BCUT2D eigenvalue weighted by Crippen LogP contribution is 2.25. The molecule has 5 heteroatoms. The second-order valence-corrected chi connectivity index (χ2v) is 5.60. The van der Waals surface area contributed by atoms with Crippen LogP contribution in [-0.2, 0) is 0 Å². The van der Waals surface area contributed by atoms with E-state index in [1.165, 1.54) is 4.90 Å². The number of amides is 1. The molecule has 0 fully saturated rings. The molecule has 0 saturated heterocycles. The minimum absolute atomic E-state index is 0.0450. The van der Waals surface area contributed by atoms with E-state index in [2.05, 4.69) is 24.4 Å². The number of methoxy groups -OCH3 is 1. The number of hydrogen-bond donors (Lipinski definition) is 3. The lowest BCUT2D eigenvalue weighted by Gasteiger charge is -2.07. The fraction of sp³-hybridized carbons (Fsp3) is 0.438. The van der Waals surface area contributed by atoms with Crippen molar-refractivity contribution in [3.8, 4) is 5.75 Å². The highest BCUT2D eigenvalue weighted by atomic mass is 16.5. The molecule has 1 aromatic heterocycles. The van der Waals surface area contributed by atoms with Crippen LogP contribution in [0.25, 0.3) is 10.9 Å². The molecule has 0 aliphatic rings. The van der Waals surface area contributed by atoms with Crippen molar-refractivity contribution >= 4 is 16.8 Å². The maximum Gasteiger partial charge on any atom is 0.268 e. The van der Waals surface area contributed by atoms with E-state index in [-0.39, 0.29) is 5.91 Å². The summed E-state index contributed by atoms with van der Waals surface area (Å²) in [7, 11) is 5.86. The largest absolute Gasteiger partial charge is 0.497 e. The molecule has 1 heterocycles. The molecule has 0 aliphatic carbocycles. The van der Waals surface area contributed by atoms with E-state index in [0.29, 0.717) is 12.2 Å². The fourth-order valence-corrected chi connectivity index (χ4v) is 2.39. The van der Waals surface area contributed by atoms with E-state index in [0.717, 1.165) is 35.2 Å². The number of aromatic amines is 1. The number of H-pyrrole nitrogens is 1. The van der Waals surface area contributed by atoms with Gasteiger partial charge < -0.3 is 19.9 Å². The first-order valence-corrected chi connectivity index (χ1v) is 7.26. The Hall–Kier alpha value is -2.01. The molecule has 0 saturated carbocycles. The first-order valence-electron chi connectivity index (χ1n) is 7.26. The smallest absolute Gasteiger partial charge is 0.268 e. The number of nitrogens with one attached hydrogen (secondary N) is 3. The molecule has 0 aliphatic heterocycles. The van der Waals surface area contributed by atoms with Crippen LogP contribution in [0.1, 0.15) is 22.5 Å². The molecular formula is C16H24N3O2+. The lowest BCUT2D eigenvalue weighted by atomic mass is 10.1. The Morgan fingerprint density at radius 1 is 1.38 bits per heavy atom. The lowest BCUT2D eigenvalue weighted by molar-refractivity contribution is -0.858. The molecule has 0 unspecified atom stereocenters. The molecule has 1 aromatic carbocycles. The first-order chi connectivity index (χ1) is 10.0. The van der Waals surface area contributed by atoms with E-state index < -0.39 is 0 Å². The number of hydrogen-bond acceptors (Lipinski definition) is 2. The van der Waals surface area contributed by atoms with Crippen LogP contribution in [0.3, 0.4) is 0 Å². The number of aromatic nitrogens is 1. The van der Waals surface area contributed by atoms with Gasteiger partial charge in [-0.15, -0.1) is 0 Å². The zero-order chi connectivity index (χ0) is 15.4. The molecule has 0 spiro atoms. The van der Waals surface area contributed by atoms with Crippen LogP contribution in [0.4, 0.5) is 0 Å². The van der Waals surface area contributed by atoms with Crippen LogP contribution in [0.2, 0.25) is 0 Å². The molecule has 0 bridgehead atoms. The molecule has 2 aromatic rings. The number of benzene rings is 1. The number of quaternary nitrogens is 1. The van der Waals surface area contributed by atoms with Crippen molar-refractivity contribution < 1.29 is 14.4 Å². The average Bonchev–Trinajstić information content (AvgIpc) is 2.80. The minimum atomic E-state index is -0.0450. The van der Waals surface area contributed by atoms with Gasteiger partial charge in [0.25, 0.3) is 5.91 Å². The summed E-state index contributed by atoms with van der Waals surface area (Å²) in [5, 5.41) is 4.00. The monoisotopic (exact) mass is 290 g/mol. The third-order valence-electron chi connectivity index (χ3n) is 3.63. The van der Waals surface area contributed by atoms with Gasteiger partial charge in [0.15, 0.2) is 0 Å². The lowest BCUT2D eigenvalue weighted by Crippen LogP contribution is -3.05. The minimum Gasteiger partial charge on any atom is -0.497 e.